The average Bonchev–Trinajstić information content (AvgIpc) is 1.43. The number of hydrogen-bond donors (Lipinski definition) is 5. The van der Waals surface area contributed by atoms with Crippen molar-refractivity contribution in [2.24, 2.45) is 0 Å². The summed E-state index contributed by atoms with van der Waals surface area (Å²) >= 11 is 3.79. The van der Waals surface area contributed by atoms with Crippen LogP contribution in [0, 0.1) is 0 Å². The maximum absolute atomic E-state index is 10.5. The molecule has 0 heterocycles. The Morgan fingerprint density at radius 1 is 1.08 bits per heavy atom. The molecule has 0 atom stereocenters. The van der Waals surface area contributed by atoms with Crippen LogP contribution in [-0.4, -0.2) is 36.6 Å². The van der Waals surface area contributed by atoms with Crippen LogP contribution >= 0.6 is 27.8 Å². The van der Waals surface area contributed by atoms with Crippen LogP contribution in [0.25, 0.3) is 0 Å². The lowest BCUT2D eigenvalue weighted by Crippen LogP contribution is -2.27. The molecule has 0 fully saturated rings. The third-order valence-corrected chi connectivity index (χ3v) is 4.13. The van der Waals surface area contributed by atoms with Crippen LogP contribution in [0.5, 0.6) is 0 Å². The van der Waals surface area contributed by atoms with E-state index >= 15 is 0 Å². The molecule has 0 aromatic rings. The molecule has 0 spiro atoms. The molecule has 0 saturated carbocycles. The van der Waals surface area contributed by atoms with Gasteiger partial charge in [-0.2, -0.15) is 12.6 Å². The van der Waals surface area contributed by atoms with Gasteiger partial charge in [-0.05, 0) is 6.92 Å². The van der Waals surface area contributed by atoms with Crippen molar-refractivity contribution < 1.29 is 28.7 Å². The van der Waals surface area contributed by atoms with E-state index in [1.807, 2.05) is 0 Å². The van der Waals surface area contributed by atoms with E-state index in [2.05, 4.69) is 12.6 Å². The van der Waals surface area contributed by atoms with E-state index in [4.69, 9.17) is 19.6 Å². The Kier molecular flexibility index (Phi) is 4.23. The van der Waals surface area contributed by atoms with Gasteiger partial charge in [-0.3, -0.25) is 9.13 Å². The molecule has 0 bridgehead atoms. The van der Waals surface area contributed by atoms with Gasteiger partial charge in [0.15, 0.2) is 0 Å². The van der Waals surface area contributed by atoms with Crippen LogP contribution in [0.1, 0.15) is 6.92 Å². The zero-order chi connectivity index (χ0) is 10.9. The zero-order valence-corrected chi connectivity index (χ0v) is 9.54. The molecule has 0 amide bonds. The fraction of sp³-hybridized carbons (Fsp3) is 1.00. The second kappa shape index (κ2) is 4.03. The monoisotopic (exact) mass is 250 g/mol. The van der Waals surface area contributed by atoms with E-state index < -0.39 is 32.3 Å². The average molecular weight is 250 g/mol. The van der Waals surface area contributed by atoms with Gasteiger partial charge in [0.25, 0.3) is 0 Å². The summed E-state index contributed by atoms with van der Waals surface area (Å²) in [6.07, 6.45) is -1.32. The van der Waals surface area contributed by atoms with Crippen LogP contribution in [0.15, 0.2) is 0 Å². The summed E-state index contributed by atoms with van der Waals surface area (Å²) in [6, 6.07) is 0. The van der Waals surface area contributed by atoms with E-state index in [-0.39, 0.29) is 0 Å². The van der Waals surface area contributed by atoms with Gasteiger partial charge in [0.1, 0.15) is 0 Å². The van der Waals surface area contributed by atoms with Crippen LogP contribution in [-0.2, 0) is 9.13 Å². The lowest BCUT2D eigenvalue weighted by Gasteiger charge is -2.23. The Bertz CT molecular complexity index is 238. The SMILES string of the molecule is CC(S)(CP(=O)(O)O)CP(=O)(O)O. The van der Waals surface area contributed by atoms with E-state index in [0.717, 1.165) is 0 Å². The van der Waals surface area contributed by atoms with E-state index in [0.29, 0.717) is 0 Å². The highest BCUT2D eigenvalue weighted by atomic mass is 32.1. The summed E-state index contributed by atoms with van der Waals surface area (Å²) in [5, 5.41) is 0. The van der Waals surface area contributed by atoms with Gasteiger partial charge in [-0.25, -0.2) is 0 Å². The molecular weight excluding hydrogens is 238 g/mol. The molecule has 0 saturated heterocycles. The fourth-order valence-corrected chi connectivity index (χ4v) is 4.22. The Morgan fingerprint density at radius 3 is 1.46 bits per heavy atom. The van der Waals surface area contributed by atoms with Crippen molar-refractivity contribution in [3.05, 3.63) is 0 Å². The molecule has 4 N–H and O–H groups in total. The highest BCUT2D eigenvalue weighted by Crippen LogP contribution is 2.47. The molecule has 0 aromatic carbocycles. The molecule has 0 aliphatic heterocycles. The van der Waals surface area contributed by atoms with Gasteiger partial charge < -0.3 is 19.6 Å². The number of thiol groups is 1. The third kappa shape index (κ3) is 8.97. The normalized spacial score (nSPS) is 14.6. The minimum absolute atomic E-state index is 0.659. The molecule has 0 aromatic heterocycles. The van der Waals surface area contributed by atoms with Crippen LogP contribution < -0.4 is 0 Å². The van der Waals surface area contributed by atoms with Gasteiger partial charge in [0, 0.05) is 4.75 Å². The Labute approximate surface area is 81.1 Å². The first-order chi connectivity index (χ1) is 5.41. The summed E-state index contributed by atoms with van der Waals surface area (Å²) in [6.45, 7) is 1.27. The standard InChI is InChI=1S/C4H12O6P2S/c1-4(13,2-11(5,6)7)3-12(8,9)10/h13H,2-3H2,1H3,(H2,5,6,7)(H2,8,9,10). The Morgan fingerprint density at radius 2 is 1.31 bits per heavy atom. The van der Waals surface area contributed by atoms with Crippen molar-refractivity contribution in [2.75, 3.05) is 12.3 Å². The smallest absolute Gasteiger partial charge is 0.324 e. The van der Waals surface area contributed by atoms with Gasteiger partial charge in [-0.15, -0.1) is 0 Å². The van der Waals surface area contributed by atoms with Crippen LogP contribution in [0.3, 0.4) is 0 Å². The number of hydrogen-bond acceptors (Lipinski definition) is 3. The van der Waals surface area contributed by atoms with E-state index in [9.17, 15) is 9.13 Å². The van der Waals surface area contributed by atoms with Crippen molar-refractivity contribution >= 4 is 27.8 Å². The first-order valence-electron chi connectivity index (χ1n) is 3.23. The summed E-state index contributed by atoms with van der Waals surface area (Å²) in [7, 11) is -8.59. The largest absolute Gasteiger partial charge is 0.326 e. The van der Waals surface area contributed by atoms with Crippen LogP contribution in [0.2, 0.25) is 0 Å². The van der Waals surface area contributed by atoms with Gasteiger partial charge >= 0.3 is 15.2 Å². The summed E-state index contributed by atoms with van der Waals surface area (Å²) in [4.78, 5) is 34.2. The van der Waals surface area contributed by atoms with Gasteiger partial charge in [-0.1, -0.05) is 0 Å². The minimum atomic E-state index is -4.29. The summed E-state index contributed by atoms with van der Waals surface area (Å²) < 4.78 is 19.7. The molecule has 6 nitrogen and oxygen atoms in total. The molecule has 13 heavy (non-hydrogen) atoms. The van der Waals surface area contributed by atoms with Crippen molar-refractivity contribution in [1.82, 2.24) is 0 Å². The predicted molar refractivity (Wildman–Crippen MR) is 51.2 cm³/mol. The first-order valence-corrected chi connectivity index (χ1v) is 7.27. The molecule has 0 radical (unpaired) electrons. The summed E-state index contributed by atoms with van der Waals surface area (Å²) in [5.74, 6) is 0. The van der Waals surface area contributed by atoms with E-state index in [1.165, 1.54) is 6.92 Å². The predicted octanol–water partition coefficient (Wildman–Crippen LogP) is 0.0303. The Balaban J connectivity index is 4.43. The van der Waals surface area contributed by atoms with Crippen molar-refractivity contribution in [3.63, 3.8) is 0 Å². The molecule has 0 unspecified atom stereocenters. The zero-order valence-electron chi connectivity index (χ0n) is 6.86. The van der Waals surface area contributed by atoms with Crippen molar-refractivity contribution in [1.29, 1.82) is 0 Å². The second-order valence-corrected chi connectivity index (χ2v) is 7.51. The highest BCUT2D eigenvalue weighted by molar-refractivity contribution is 7.83. The van der Waals surface area contributed by atoms with E-state index in [1.54, 1.807) is 0 Å². The summed E-state index contributed by atoms with van der Waals surface area (Å²) in [5.41, 5.74) is 0. The number of rotatable bonds is 4. The van der Waals surface area contributed by atoms with Gasteiger partial charge in [0.2, 0.25) is 0 Å². The molecular formula is C4H12O6P2S. The van der Waals surface area contributed by atoms with Crippen molar-refractivity contribution in [2.45, 2.75) is 11.7 Å². The van der Waals surface area contributed by atoms with Crippen LogP contribution in [0.4, 0.5) is 0 Å². The lowest BCUT2D eigenvalue weighted by atomic mass is 10.2. The Hall–Kier alpha value is 0.650. The molecule has 0 aliphatic rings. The quantitative estimate of drug-likeness (QED) is 0.355. The molecule has 0 aliphatic carbocycles. The lowest BCUT2D eigenvalue weighted by molar-refractivity contribution is 0.360. The van der Waals surface area contributed by atoms with Gasteiger partial charge in [0.05, 0.1) is 12.3 Å². The minimum Gasteiger partial charge on any atom is -0.324 e. The third-order valence-electron chi connectivity index (χ3n) is 1.09. The molecule has 0 rings (SSSR count). The maximum Gasteiger partial charge on any atom is 0.326 e. The first kappa shape index (κ1) is 13.7. The highest BCUT2D eigenvalue weighted by Gasteiger charge is 2.35. The van der Waals surface area contributed by atoms with Crippen molar-refractivity contribution in [3.8, 4) is 0 Å². The fourth-order valence-electron chi connectivity index (χ4n) is 0.937. The second-order valence-electron chi connectivity index (χ2n) is 3.14. The molecule has 80 valence electrons. The topological polar surface area (TPSA) is 115 Å². The molecule has 9 heteroatoms. The maximum atomic E-state index is 10.5.